The molecule has 8 heteroatoms. The molecular weight excluding hydrogens is 358 g/mol. The van der Waals surface area contributed by atoms with Crippen molar-refractivity contribution in [2.45, 2.75) is 26.0 Å². The van der Waals surface area contributed by atoms with Gasteiger partial charge in [-0.1, -0.05) is 0 Å². The predicted octanol–water partition coefficient (Wildman–Crippen LogP) is 3.38. The molecule has 0 aliphatic heterocycles. The number of halogens is 2. The quantitative estimate of drug-likeness (QED) is 0.589. The van der Waals surface area contributed by atoms with Crippen molar-refractivity contribution in [2.24, 2.45) is 4.99 Å². The van der Waals surface area contributed by atoms with E-state index in [0.717, 1.165) is 22.8 Å². The van der Waals surface area contributed by atoms with Gasteiger partial charge in [0.2, 0.25) is 0 Å². The minimum atomic E-state index is -0.437. The fourth-order valence-electron chi connectivity index (χ4n) is 2.43. The molecule has 0 aliphatic carbocycles. The highest BCUT2D eigenvalue weighted by atomic mass is 32.1. The Morgan fingerprint density at radius 3 is 2.88 bits per heavy atom. The Bertz CT molecular complexity index is 751. The van der Waals surface area contributed by atoms with E-state index in [4.69, 9.17) is 4.74 Å². The van der Waals surface area contributed by atoms with Crippen molar-refractivity contribution in [2.75, 3.05) is 27.7 Å². The topological polar surface area (TPSA) is 49.8 Å². The van der Waals surface area contributed by atoms with Gasteiger partial charge in [0.05, 0.1) is 12.2 Å². The fourth-order valence-corrected chi connectivity index (χ4v) is 3.27. The van der Waals surface area contributed by atoms with Gasteiger partial charge in [-0.25, -0.2) is 13.8 Å². The zero-order valence-corrected chi connectivity index (χ0v) is 16.2. The zero-order valence-electron chi connectivity index (χ0n) is 15.4. The molecular formula is C18H24F2N4OS. The number of methoxy groups -OCH3 is 1. The Morgan fingerprint density at radius 2 is 2.19 bits per heavy atom. The van der Waals surface area contributed by atoms with E-state index >= 15 is 0 Å². The normalized spacial score (nSPS) is 12.9. The Labute approximate surface area is 156 Å². The minimum absolute atomic E-state index is 0.0299. The molecule has 0 aliphatic rings. The second-order valence-corrected chi connectivity index (χ2v) is 6.76. The molecule has 1 unspecified atom stereocenters. The Morgan fingerprint density at radius 1 is 1.42 bits per heavy atom. The first-order valence-electron chi connectivity index (χ1n) is 8.27. The molecule has 0 radical (unpaired) electrons. The third-order valence-electron chi connectivity index (χ3n) is 3.93. The number of ether oxygens (including phenoxy) is 1. The van der Waals surface area contributed by atoms with Gasteiger partial charge in [0.25, 0.3) is 0 Å². The first kappa shape index (κ1) is 20.3. The Balaban J connectivity index is 1.89. The molecule has 0 spiro atoms. The standard InChI is InChI=1S/C18H24F2N4OS/c1-12(25-4)17-23-15(11-26-17)10-24(3)18(21-2)22-8-7-13-9-14(19)5-6-16(13)20/h5-6,9,11-12H,7-8,10H2,1-4H3,(H,21,22). The van der Waals surface area contributed by atoms with Gasteiger partial charge in [-0.15, -0.1) is 11.3 Å². The summed E-state index contributed by atoms with van der Waals surface area (Å²) in [5.41, 5.74) is 1.27. The largest absolute Gasteiger partial charge is 0.375 e. The van der Waals surface area contributed by atoms with Crippen LogP contribution in [0.4, 0.5) is 8.78 Å². The molecule has 2 rings (SSSR count). The van der Waals surface area contributed by atoms with Crippen LogP contribution in [0, 0.1) is 11.6 Å². The average Bonchev–Trinajstić information content (AvgIpc) is 3.09. The van der Waals surface area contributed by atoms with Crippen LogP contribution in [0.5, 0.6) is 0 Å². The SMILES string of the molecule is CN=C(NCCc1cc(F)ccc1F)N(C)Cc1csc(C(C)OC)n1. The highest BCUT2D eigenvalue weighted by molar-refractivity contribution is 7.09. The zero-order chi connectivity index (χ0) is 19.1. The Kier molecular flexibility index (Phi) is 7.47. The Hall–Kier alpha value is -2.06. The molecule has 26 heavy (non-hydrogen) atoms. The second kappa shape index (κ2) is 9.59. The maximum Gasteiger partial charge on any atom is 0.193 e. The van der Waals surface area contributed by atoms with Gasteiger partial charge < -0.3 is 15.0 Å². The summed E-state index contributed by atoms with van der Waals surface area (Å²) in [7, 11) is 5.24. The molecule has 1 heterocycles. The molecule has 1 N–H and O–H groups in total. The van der Waals surface area contributed by atoms with E-state index in [1.807, 2.05) is 24.3 Å². The lowest BCUT2D eigenvalue weighted by molar-refractivity contribution is 0.119. The van der Waals surface area contributed by atoms with Crippen LogP contribution in [0.3, 0.4) is 0 Å². The monoisotopic (exact) mass is 382 g/mol. The molecule has 0 fully saturated rings. The van der Waals surface area contributed by atoms with Crippen molar-refractivity contribution >= 4 is 17.3 Å². The summed E-state index contributed by atoms with van der Waals surface area (Å²) in [5.74, 6) is -0.178. The van der Waals surface area contributed by atoms with Gasteiger partial charge in [-0.2, -0.15) is 0 Å². The molecule has 142 valence electrons. The van der Waals surface area contributed by atoms with E-state index < -0.39 is 11.6 Å². The number of aromatic nitrogens is 1. The third-order valence-corrected chi connectivity index (χ3v) is 4.98. The molecule has 0 saturated heterocycles. The van der Waals surface area contributed by atoms with E-state index in [9.17, 15) is 8.78 Å². The first-order valence-corrected chi connectivity index (χ1v) is 9.15. The lowest BCUT2D eigenvalue weighted by Gasteiger charge is -2.21. The third kappa shape index (κ3) is 5.47. The lowest BCUT2D eigenvalue weighted by atomic mass is 10.1. The number of hydrogen-bond donors (Lipinski definition) is 1. The van der Waals surface area contributed by atoms with Crippen LogP contribution >= 0.6 is 11.3 Å². The van der Waals surface area contributed by atoms with E-state index in [-0.39, 0.29) is 6.10 Å². The van der Waals surface area contributed by atoms with Crippen LogP contribution in [0.1, 0.15) is 29.3 Å². The summed E-state index contributed by atoms with van der Waals surface area (Å²) in [6.45, 7) is 2.99. The molecule has 5 nitrogen and oxygen atoms in total. The number of thiazole rings is 1. The van der Waals surface area contributed by atoms with Crippen LogP contribution in [0.2, 0.25) is 0 Å². The molecule has 0 amide bonds. The van der Waals surface area contributed by atoms with Crippen molar-refractivity contribution in [1.82, 2.24) is 15.2 Å². The second-order valence-electron chi connectivity index (χ2n) is 5.87. The first-order chi connectivity index (χ1) is 12.4. The molecule has 2 aromatic rings. The lowest BCUT2D eigenvalue weighted by Crippen LogP contribution is -2.39. The van der Waals surface area contributed by atoms with Gasteiger partial charge in [-0.3, -0.25) is 4.99 Å². The smallest absolute Gasteiger partial charge is 0.193 e. The van der Waals surface area contributed by atoms with Crippen molar-refractivity contribution < 1.29 is 13.5 Å². The van der Waals surface area contributed by atoms with Crippen LogP contribution < -0.4 is 5.32 Å². The number of aliphatic imine (C=N–C) groups is 1. The van der Waals surface area contributed by atoms with Crippen LogP contribution in [-0.2, 0) is 17.7 Å². The fraction of sp³-hybridized carbons (Fsp3) is 0.444. The van der Waals surface area contributed by atoms with E-state index in [1.165, 1.54) is 6.07 Å². The number of nitrogens with one attached hydrogen (secondary N) is 1. The number of rotatable bonds is 7. The average molecular weight is 382 g/mol. The van der Waals surface area contributed by atoms with Gasteiger partial charge in [0.15, 0.2) is 5.96 Å². The van der Waals surface area contributed by atoms with Crippen molar-refractivity contribution in [1.29, 1.82) is 0 Å². The number of guanidine groups is 1. The van der Waals surface area contributed by atoms with Crippen molar-refractivity contribution in [3.8, 4) is 0 Å². The van der Waals surface area contributed by atoms with Crippen LogP contribution in [-0.4, -0.2) is 43.6 Å². The van der Waals surface area contributed by atoms with Crippen molar-refractivity contribution in [3.63, 3.8) is 0 Å². The van der Waals surface area contributed by atoms with Crippen molar-refractivity contribution in [3.05, 3.63) is 51.5 Å². The summed E-state index contributed by atoms with van der Waals surface area (Å²) < 4.78 is 32.2. The molecule has 0 bridgehead atoms. The van der Waals surface area contributed by atoms with Gasteiger partial charge in [0.1, 0.15) is 22.7 Å². The minimum Gasteiger partial charge on any atom is -0.375 e. The molecule has 0 saturated carbocycles. The summed E-state index contributed by atoms with van der Waals surface area (Å²) in [4.78, 5) is 10.7. The summed E-state index contributed by atoms with van der Waals surface area (Å²) in [6, 6.07) is 3.48. The highest BCUT2D eigenvalue weighted by Crippen LogP contribution is 2.20. The summed E-state index contributed by atoms with van der Waals surface area (Å²) in [6.07, 6.45) is 0.334. The van der Waals surface area contributed by atoms with E-state index in [2.05, 4.69) is 15.3 Å². The van der Waals surface area contributed by atoms with Gasteiger partial charge in [-0.05, 0) is 37.1 Å². The number of nitrogens with zero attached hydrogens (tertiary/aromatic N) is 3. The van der Waals surface area contributed by atoms with Gasteiger partial charge >= 0.3 is 0 Å². The number of benzene rings is 1. The maximum atomic E-state index is 13.7. The van der Waals surface area contributed by atoms with E-state index in [0.29, 0.717) is 31.0 Å². The van der Waals surface area contributed by atoms with Crippen LogP contribution in [0.25, 0.3) is 0 Å². The predicted molar refractivity (Wildman–Crippen MR) is 100 cm³/mol. The molecule has 1 aromatic heterocycles. The molecule has 1 aromatic carbocycles. The highest BCUT2D eigenvalue weighted by Gasteiger charge is 2.13. The number of hydrogen-bond acceptors (Lipinski definition) is 4. The summed E-state index contributed by atoms with van der Waals surface area (Å²) in [5, 5.41) is 6.09. The van der Waals surface area contributed by atoms with Gasteiger partial charge in [0, 0.05) is 33.1 Å². The maximum absolute atomic E-state index is 13.7. The molecule has 1 atom stereocenters. The summed E-state index contributed by atoms with van der Waals surface area (Å²) >= 11 is 1.56. The van der Waals surface area contributed by atoms with Crippen LogP contribution in [0.15, 0.2) is 28.6 Å². The van der Waals surface area contributed by atoms with E-state index in [1.54, 1.807) is 25.5 Å².